The van der Waals surface area contributed by atoms with Crippen LogP contribution in [-0.2, 0) is 9.84 Å². The van der Waals surface area contributed by atoms with E-state index in [0.717, 1.165) is 6.26 Å². The van der Waals surface area contributed by atoms with Crippen molar-refractivity contribution < 1.29 is 13.3 Å². The molecule has 0 atom stereocenters. The molecule has 7 heteroatoms. The molecule has 0 fully saturated rings. The lowest BCUT2D eigenvalue weighted by Crippen LogP contribution is -2.11. The van der Waals surface area contributed by atoms with Crippen LogP contribution in [0.5, 0.6) is 0 Å². The molecule has 0 radical (unpaired) electrons. The third-order valence-electron chi connectivity index (χ3n) is 2.28. The normalized spacial score (nSPS) is 11.6. The van der Waals surface area contributed by atoms with Gasteiger partial charge in [-0.25, -0.2) is 8.42 Å². The van der Waals surface area contributed by atoms with Crippen LogP contribution in [0.15, 0.2) is 23.1 Å². The number of benzene rings is 1. The topological polar surface area (TPSA) is 89.3 Å². The zero-order valence-electron chi connectivity index (χ0n) is 10.5. The molecule has 0 saturated heterocycles. The van der Waals surface area contributed by atoms with Gasteiger partial charge in [0.15, 0.2) is 9.84 Å². The SMILES string of the molecule is CC(C)CNc1cccc(S(C)(=O)=O)c1[N+](=O)[O-]. The molecular formula is C11H16N2O4S. The fourth-order valence-electron chi connectivity index (χ4n) is 1.47. The quantitative estimate of drug-likeness (QED) is 0.654. The van der Waals surface area contributed by atoms with Gasteiger partial charge in [0.2, 0.25) is 0 Å². The molecule has 1 aromatic carbocycles. The average Bonchev–Trinajstić information content (AvgIpc) is 2.24. The Hall–Kier alpha value is -1.63. The van der Waals surface area contributed by atoms with Crippen LogP contribution in [0.2, 0.25) is 0 Å². The third-order valence-corrected chi connectivity index (χ3v) is 3.41. The van der Waals surface area contributed by atoms with E-state index in [1.54, 1.807) is 0 Å². The Morgan fingerprint density at radius 3 is 2.44 bits per heavy atom. The first-order valence-electron chi connectivity index (χ1n) is 5.44. The van der Waals surface area contributed by atoms with Gasteiger partial charge in [-0.05, 0) is 18.1 Å². The molecule has 1 aromatic rings. The maximum absolute atomic E-state index is 11.5. The monoisotopic (exact) mass is 272 g/mol. The van der Waals surface area contributed by atoms with Crippen molar-refractivity contribution >= 4 is 21.2 Å². The first kappa shape index (κ1) is 14.4. The molecule has 0 spiro atoms. The van der Waals surface area contributed by atoms with E-state index in [9.17, 15) is 18.5 Å². The van der Waals surface area contributed by atoms with E-state index >= 15 is 0 Å². The molecule has 0 aliphatic heterocycles. The first-order chi connectivity index (χ1) is 8.23. The van der Waals surface area contributed by atoms with Crippen LogP contribution >= 0.6 is 0 Å². The molecule has 0 amide bonds. The highest BCUT2D eigenvalue weighted by Crippen LogP contribution is 2.31. The first-order valence-corrected chi connectivity index (χ1v) is 7.34. The molecule has 100 valence electrons. The van der Waals surface area contributed by atoms with E-state index in [4.69, 9.17) is 0 Å². The zero-order chi connectivity index (χ0) is 13.9. The largest absolute Gasteiger partial charge is 0.379 e. The van der Waals surface area contributed by atoms with E-state index in [1.165, 1.54) is 18.2 Å². The summed E-state index contributed by atoms with van der Waals surface area (Å²) in [5.74, 6) is 0.298. The lowest BCUT2D eigenvalue weighted by molar-refractivity contribution is -0.386. The molecule has 0 unspecified atom stereocenters. The van der Waals surface area contributed by atoms with Crippen LogP contribution in [0.3, 0.4) is 0 Å². The number of rotatable bonds is 5. The molecule has 6 nitrogen and oxygen atoms in total. The van der Waals surface area contributed by atoms with Crippen LogP contribution in [0, 0.1) is 16.0 Å². The van der Waals surface area contributed by atoms with Gasteiger partial charge in [0, 0.05) is 12.8 Å². The van der Waals surface area contributed by atoms with Crippen LogP contribution in [-0.4, -0.2) is 26.1 Å². The summed E-state index contributed by atoms with van der Waals surface area (Å²) >= 11 is 0. The van der Waals surface area contributed by atoms with Gasteiger partial charge in [-0.1, -0.05) is 19.9 Å². The van der Waals surface area contributed by atoms with Gasteiger partial charge in [0.1, 0.15) is 10.6 Å². The fraction of sp³-hybridized carbons (Fsp3) is 0.455. The minimum atomic E-state index is -3.62. The molecule has 1 N–H and O–H groups in total. The van der Waals surface area contributed by atoms with Crippen molar-refractivity contribution in [1.29, 1.82) is 0 Å². The summed E-state index contributed by atoms with van der Waals surface area (Å²) in [7, 11) is -3.62. The minimum Gasteiger partial charge on any atom is -0.379 e. The number of hydrogen-bond donors (Lipinski definition) is 1. The van der Waals surface area contributed by atoms with Crippen molar-refractivity contribution in [1.82, 2.24) is 0 Å². The van der Waals surface area contributed by atoms with Gasteiger partial charge in [-0.3, -0.25) is 10.1 Å². The maximum Gasteiger partial charge on any atom is 0.310 e. The van der Waals surface area contributed by atoms with Crippen LogP contribution in [0.1, 0.15) is 13.8 Å². The predicted octanol–water partition coefficient (Wildman–Crippen LogP) is 2.07. The van der Waals surface area contributed by atoms with Gasteiger partial charge < -0.3 is 5.32 Å². The molecule has 0 heterocycles. The van der Waals surface area contributed by atoms with E-state index in [2.05, 4.69) is 5.32 Å². The fourth-order valence-corrected chi connectivity index (χ4v) is 2.33. The summed E-state index contributed by atoms with van der Waals surface area (Å²) < 4.78 is 23.0. The van der Waals surface area contributed by atoms with Crippen LogP contribution in [0.25, 0.3) is 0 Å². The second-order valence-electron chi connectivity index (χ2n) is 4.46. The van der Waals surface area contributed by atoms with Crippen molar-refractivity contribution in [3.8, 4) is 0 Å². The molecule has 0 aromatic heterocycles. The van der Waals surface area contributed by atoms with E-state index in [-0.39, 0.29) is 16.3 Å². The number of nitrogens with zero attached hydrogens (tertiary/aromatic N) is 1. The van der Waals surface area contributed by atoms with Gasteiger partial charge in [0.05, 0.1) is 4.92 Å². The Labute approximate surface area is 106 Å². The molecule has 0 aliphatic carbocycles. The van der Waals surface area contributed by atoms with Crippen molar-refractivity contribution in [2.75, 3.05) is 18.1 Å². The summed E-state index contributed by atoms with van der Waals surface area (Å²) in [6, 6.07) is 4.25. The molecule has 0 bridgehead atoms. The zero-order valence-corrected chi connectivity index (χ0v) is 11.3. The molecule has 18 heavy (non-hydrogen) atoms. The highest BCUT2D eigenvalue weighted by Gasteiger charge is 2.25. The summed E-state index contributed by atoms with van der Waals surface area (Å²) in [5, 5.41) is 13.9. The highest BCUT2D eigenvalue weighted by molar-refractivity contribution is 7.90. The highest BCUT2D eigenvalue weighted by atomic mass is 32.2. The van der Waals surface area contributed by atoms with E-state index in [0.29, 0.717) is 12.5 Å². The Morgan fingerprint density at radius 2 is 2.00 bits per heavy atom. The van der Waals surface area contributed by atoms with Crippen LogP contribution < -0.4 is 5.32 Å². The second-order valence-corrected chi connectivity index (χ2v) is 6.44. The number of para-hydroxylation sites is 1. The van der Waals surface area contributed by atoms with Crippen molar-refractivity contribution in [3.63, 3.8) is 0 Å². The summed E-state index contributed by atoms with van der Waals surface area (Å²) in [5.41, 5.74) is -0.155. The predicted molar refractivity (Wildman–Crippen MR) is 69.5 cm³/mol. The molecule has 0 saturated carbocycles. The lowest BCUT2D eigenvalue weighted by Gasteiger charge is -2.11. The lowest BCUT2D eigenvalue weighted by atomic mass is 10.2. The van der Waals surface area contributed by atoms with Crippen molar-refractivity contribution in [2.24, 2.45) is 5.92 Å². The van der Waals surface area contributed by atoms with Crippen molar-refractivity contribution in [2.45, 2.75) is 18.7 Å². The number of sulfone groups is 1. The minimum absolute atomic E-state index is 0.233. The van der Waals surface area contributed by atoms with Gasteiger partial charge in [0.25, 0.3) is 0 Å². The number of anilines is 1. The molecule has 1 rings (SSSR count). The maximum atomic E-state index is 11.5. The van der Waals surface area contributed by atoms with Crippen molar-refractivity contribution in [3.05, 3.63) is 28.3 Å². The standard InChI is InChI=1S/C11H16N2O4S/c1-8(2)7-12-9-5-4-6-10(18(3,16)17)11(9)13(14)15/h4-6,8,12H,7H2,1-3H3. The molecular weight excluding hydrogens is 256 g/mol. The summed E-state index contributed by atoms with van der Waals surface area (Å²) in [6.45, 7) is 4.45. The average molecular weight is 272 g/mol. The smallest absolute Gasteiger partial charge is 0.310 e. The Balaban J connectivity index is 3.31. The van der Waals surface area contributed by atoms with Crippen LogP contribution in [0.4, 0.5) is 11.4 Å². The van der Waals surface area contributed by atoms with Gasteiger partial charge in [-0.2, -0.15) is 0 Å². The number of nitro groups is 1. The summed E-state index contributed by atoms with van der Waals surface area (Å²) in [6.07, 6.45) is 0.960. The van der Waals surface area contributed by atoms with E-state index < -0.39 is 14.8 Å². The van der Waals surface area contributed by atoms with Gasteiger partial charge in [-0.15, -0.1) is 0 Å². The Kier molecular flexibility index (Phi) is 4.28. The number of nitro benzene ring substituents is 1. The Morgan fingerprint density at radius 1 is 1.39 bits per heavy atom. The Bertz CT molecular complexity index is 552. The number of nitrogens with one attached hydrogen (secondary N) is 1. The third kappa shape index (κ3) is 3.43. The molecule has 0 aliphatic rings. The summed E-state index contributed by atoms with van der Waals surface area (Å²) in [4.78, 5) is 10.1. The number of hydrogen-bond acceptors (Lipinski definition) is 5. The van der Waals surface area contributed by atoms with E-state index in [1.807, 2.05) is 13.8 Å². The second kappa shape index (κ2) is 5.34. The van der Waals surface area contributed by atoms with Gasteiger partial charge >= 0.3 is 5.69 Å².